The SMILES string of the molecule is CC=NC(=NC)C(c1cccnc1)C(c1ccc(F)cc1)c1ccccn1. The molecule has 0 fully saturated rings. The fourth-order valence-electron chi connectivity index (χ4n) is 3.22. The molecular formula is C22H21FN4. The highest BCUT2D eigenvalue weighted by Gasteiger charge is 2.31. The zero-order valence-corrected chi connectivity index (χ0v) is 15.3. The molecule has 2 aromatic heterocycles. The summed E-state index contributed by atoms with van der Waals surface area (Å²) in [6.07, 6.45) is 7.05. The third kappa shape index (κ3) is 4.31. The second-order valence-electron chi connectivity index (χ2n) is 6.02. The lowest BCUT2D eigenvalue weighted by atomic mass is 9.78. The molecule has 2 unspecified atom stereocenters. The second kappa shape index (κ2) is 8.94. The Kier molecular flexibility index (Phi) is 6.15. The predicted octanol–water partition coefficient (Wildman–Crippen LogP) is 4.65. The highest BCUT2D eigenvalue weighted by molar-refractivity contribution is 5.95. The Balaban J connectivity index is 2.23. The molecule has 0 radical (unpaired) electrons. The van der Waals surface area contributed by atoms with Gasteiger partial charge in [-0.15, -0.1) is 0 Å². The molecule has 0 N–H and O–H groups in total. The van der Waals surface area contributed by atoms with Crippen LogP contribution in [0.2, 0.25) is 0 Å². The number of rotatable bonds is 5. The van der Waals surface area contributed by atoms with Crippen LogP contribution in [0.5, 0.6) is 0 Å². The second-order valence-corrected chi connectivity index (χ2v) is 6.02. The number of aromatic nitrogens is 2. The normalized spacial score (nSPS) is 14.3. The molecule has 0 saturated heterocycles. The topological polar surface area (TPSA) is 50.5 Å². The van der Waals surface area contributed by atoms with Crippen LogP contribution in [-0.4, -0.2) is 29.1 Å². The van der Waals surface area contributed by atoms with E-state index in [1.807, 2.05) is 43.5 Å². The molecule has 0 aliphatic rings. The Morgan fingerprint density at radius 2 is 1.81 bits per heavy atom. The van der Waals surface area contributed by atoms with E-state index < -0.39 is 0 Å². The number of nitrogens with zero attached hydrogens (tertiary/aromatic N) is 4. The maximum atomic E-state index is 13.5. The number of hydrogen-bond acceptors (Lipinski definition) is 3. The van der Waals surface area contributed by atoms with Crippen molar-refractivity contribution in [3.63, 3.8) is 0 Å². The summed E-state index contributed by atoms with van der Waals surface area (Å²) in [5.41, 5.74) is 2.78. The predicted molar refractivity (Wildman–Crippen MR) is 107 cm³/mol. The van der Waals surface area contributed by atoms with Crippen LogP contribution in [0.3, 0.4) is 0 Å². The first-order valence-corrected chi connectivity index (χ1v) is 8.76. The fraction of sp³-hybridized carbons (Fsp3) is 0.182. The van der Waals surface area contributed by atoms with E-state index >= 15 is 0 Å². The summed E-state index contributed by atoms with van der Waals surface area (Å²) in [5.74, 6) is 0.0107. The van der Waals surface area contributed by atoms with Crippen LogP contribution in [0.4, 0.5) is 4.39 Å². The highest BCUT2D eigenvalue weighted by atomic mass is 19.1. The molecule has 0 spiro atoms. The molecule has 0 aliphatic heterocycles. The van der Waals surface area contributed by atoms with E-state index in [-0.39, 0.29) is 17.7 Å². The lowest BCUT2D eigenvalue weighted by Crippen LogP contribution is -2.22. The average Bonchev–Trinajstić information content (AvgIpc) is 2.73. The minimum atomic E-state index is -0.271. The van der Waals surface area contributed by atoms with Crippen molar-refractivity contribution < 1.29 is 4.39 Å². The molecule has 27 heavy (non-hydrogen) atoms. The zero-order chi connectivity index (χ0) is 19.1. The van der Waals surface area contributed by atoms with Crippen molar-refractivity contribution >= 4 is 12.1 Å². The molecule has 136 valence electrons. The van der Waals surface area contributed by atoms with Gasteiger partial charge in [-0.05, 0) is 48.4 Å². The molecule has 0 amide bonds. The first-order chi connectivity index (χ1) is 13.2. The van der Waals surface area contributed by atoms with Crippen LogP contribution in [0, 0.1) is 5.82 Å². The summed E-state index contributed by atoms with van der Waals surface area (Å²) in [7, 11) is 1.73. The van der Waals surface area contributed by atoms with Crippen LogP contribution in [0.15, 0.2) is 83.2 Å². The summed E-state index contributed by atoms with van der Waals surface area (Å²) in [6.45, 7) is 1.86. The van der Waals surface area contributed by atoms with Crippen molar-refractivity contribution in [2.45, 2.75) is 18.8 Å². The van der Waals surface area contributed by atoms with Gasteiger partial charge in [-0.2, -0.15) is 0 Å². The van der Waals surface area contributed by atoms with Crippen LogP contribution < -0.4 is 0 Å². The minimum Gasteiger partial charge on any atom is -0.273 e. The molecule has 3 aromatic rings. The molecule has 2 heterocycles. The first kappa shape index (κ1) is 18.6. The molecule has 2 atom stereocenters. The van der Waals surface area contributed by atoms with Gasteiger partial charge in [0, 0.05) is 43.5 Å². The Morgan fingerprint density at radius 3 is 2.41 bits per heavy atom. The standard InChI is InChI=1S/C22H21FN4/c1-3-26-22(24-2)21(17-7-6-13-25-15-17)20(19-8-4-5-14-27-19)16-9-11-18(23)12-10-16/h3-15,20-21H,1-2H3. The van der Waals surface area contributed by atoms with E-state index in [9.17, 15) is 4.39 Å². The summed E-state index contributed by atoms with van der Waals surface area (Å²) >= 11 is 0. The summed E-state index contributed by atoms with van der Waals surface area (Å²) in [5, 5.41) is 0. The molecule has 4 nitrogen and oxygen atoms in total. The van der Waals surface area contributed by atoms with Gasteiger partial charge in [-0.1, -0.05) is 24.3 Å². The lowest BCUT2D eigenvalue weighted by molar-refractivity contribution is 0.624. The van der Waals surface area contributed by atoms with E-state index in [0.717, 1.165) is 16.8 Å². The third-order valence-electron chi connectivity index (χ3n) is 4.38. The number of pyridine rings is 2. The Hall–Kier alpha value is -3.21. The van der Waals surface area contributed by atoms with Gasteiger partial charge >= 0.3 is 0 Å². The Labute approximate surface area is 158 Å². The molecule has 0 saturated carbocycles. The Morgan fingerprint density at radius 1 is 1.00 bits per heavy atom. The number of benzene rings is 1. The van der Waals surface area contributed by atoms with Crippen molar-refractivity contribution in [3.8, 4) is 0 Å². The molecule has 3 rings (SSSR count). The smallest absolute Gasteiger partial charge is 0.131 e. The first-order valence-electron chi connectivity index (χ1n) is 8.76. The number of hydrogen-bond donors (Lipinski definition) is 0. The van der Waals surface area contributed by atoms with Crippen LogP contribution >= 0.6 is 0 Å². The fourth-order valence-corrected chi connectivity index (χ4v) is 3.22. The van der Waals surface area contributed by atoms with Crippen molar-refractivity contribution in [3.05, 3.63) is 95.8 Å². The van der Waals surface area contributed by atoms with Crippen molar-refractivity contribution in [1.82, 2.24) is 9.97 Å². The van der Waals surface area contributed by atoms with Gasteiger partial charge in [-0.3, -0.25) is 15.0 Å². The maximum absolute atomic E-state index is 13.5. The molecule has 0 aliphatic carbocycles. The van der Waals surface area contributed by atoms with Crippen LogP contribution in [0.1, 0.15) is 35.6 Å². The average molecular weight is 360 g/mol. The highest BCUT2D eigenvalue weighted by Crippen LogP contribution is 2.39. The van der Waals surface area contributed by atoms with Gasteiger partial charge in [0.2, 0.25) is 0 Å². The largest absolute Gasteiger partial charge is 0.273 e. The van der Waals surface area contributed by atoms with E-state index in [1.165, 1.54) is 12.1 Å². The number of amidine groups is 1. The van der Waals surface area contributed by atoms with Gasteiger partial charge in [0.1, 0.15) is 11.7 Å². The van der Waals surface area contributed by atoms with E-state index in [0.29, 0.717) is 5.84 Å². The van der Waals surface area contributed by atoms with Crippen molar-refractivity contribution in [2.75, 3.05) is 7.05 Å². The number of aliphatic imine (C=N–C) groups is 2. The maximum Gasteiger partial charge on any atom is 0.131 e. The minimum absolute atomic E-state index is 0.182. The van der Waals surface area contributed by atoms with Gasteiger partial charge in [0.25, 0.3) is 0 Å². The third-order valence-corrected chi connectivity index (χ3v) is 4.38. The lowest BCUT2D eigenvalue weighted by Gasteiger charge is -2.27. The summed E-state index contributed by atoms with van der Waals surface area (Å²) in [6, 6.07) is 16.2. The monoisotopic (exact) mass is 360 g/mol. The molecule has 5 heteroatoms. The van der Waals surface area contributed by atoms with Gasteiger partial charge < -0.3 is 0 Å². The summed E-state index contributed by atoms with van der Waals surface area (Å²) < 4.78 is 13.5. The zero-order valence-electron chi connectivity index (χ0n) is 15.3. The van der Waals surface area contributed by atoms with Gasteiger partial charge in [0.05, 0.1) is 5.92 Å². The van der Waals surface area contributed by atoms with E-state index in [2.05, 4.69) is 20.0 Å². The van der Waals surface area contributed by atoms with Crippen molar-refractivity contribution in [2.24, 2.45) is 9.98 Å². The number of halogens is 1. The van der Waals surface area contributed by atoms with Gasteiger partial charge in [0.15, 0.2) is 0 Å². The van der Waals surface area contributed by atoms with Crippen LogP contribution in [-0.2, 0) is 0 Å². The van der Waals surface area contributed by atoms with Crippen LogP contribution in [0.25, 0.3) is 0 Å². The molecule has 0 bridgehead atoms. The van der Waals surface area contributed by atoms with Crippen molar-refractivity contribution in [1.29, 1.82) is 0 Å². The molecule has 1 aromatic carbocycles. The Bertz CT molecular complexity index is 906. The molecular weight excluding hydrogens is 339 g/mol. The van der Waals surface area contributed by atoms with E-state index in [1.54, 1.807) is 37.8 Å². The summed E-state index contributed by atoms with van der Waals surface area (Å²) in [4.78, 5) is 17.8. The quantitative estimate of drug-likeness (QED) is 0.491. The van der Waals surface area contributed by atoms with E-state index in [4.69, 9.17) is 0 Å². The van der Waals surface area contributed by atoms with Gasteiger partial charge in [-0.25, -0.2) is 9.38 Å².